The number of rotatable bonds is 0. The fraction of sp³-hybridized carbons (Fsp3) is 0.727. The molecule has 0 saturated heterocycles. The smallest absolute Gasteiger partial charge is 0.200 e. The van der Waals surface area contributed by atoms with E-state index in [9.17, 15) is 0 Å². The molecule has 1 aromatic rings. The molecule has 1 aliphatic rings. The van der Waals surface area contributed by atoms with Crippen LogP contribution in [0.15, 0.2) is 4.42 Å². The van der Waals surface area contributed by atoms with Crippen molar-refractivity contribution in [3.63, 3.8) is 0 Å². The van der Waals surface area contributed by atoms with Gasteiger partial charge < -0.3 is 10.2 Å². The van der Waals surface area contributed by atoms with Crippen LogP contribution in [0.4, 0.5) is 0 Å². The van der Waals surface area contributed by atoms with Crippen molar-refractivity contribution in [3.05, 3.63) is 17.3 Å². The van der Waals surface area contributed by atoms with Crippen LogP contribution < -0.4 is 5.73 Å². The van der Waals surface area contributed by atoms with Crippen LogP contribution in [-0.4, -0.2) is 11.0 Å². The van der Waals surface area contributed by atoms with Gasteiger partial charge in [-0.2, -0.15) is 0 Å². The number of aromatic nitrogens is 1. The Bertz CT molecular complexity index is 336. The minimum atomic E-state index is 0.00142. The van der Waals surface area contributed by atoms with E-state index in [1.807, 2.05) is 0 Å². The van der Waals surface area contributed by atoms with Crippen molar-refractivity contribution >= 4 is 0 Å². The van der Waals surface area contributed by atoms with Crippen LogP contribution in [0.3, 0.4) is 0 Å². The first-order valence-electron chi connectivity index (χ1n) is 5.21. The van der Waals surface area contributed by atoms with Crippen molar-refractivity contribution in [1.82, 2.24) is 4.98 Å². The van der Waals surface area contributed by atoms with Gasteiger partial charge in [-0.15, -0.1) is 0 Å². The predicted molar refractivity (Wildman–Crippen MR) is 55.2 cm³/mol. The Balaban J connectivity index is 2.32. The van der Waals surface area contributed by atoms with Gasteiger partial charge in [-0.1, -0.05) is 20.8 Å². The highest BCUT2D eigenvalue weighted by Crippen LogP contribution is 2.27. The Morgan fingerprint density at radius 1 is 1.43 bits per heavy atom. The summed E-state index contributed by atoms with van der Waals surface area (Å²) in [6.07, 6.45) is 2.84. The fourth-order valence-electron chi connectivity index (χ4n) is 1.72. The minimum absolute atomic E-state index is 0.00142. The Hall–Kier alpha value is -0.830. The van der Waals surface area contributed by atoms with Crippen molar-refractivity contribution in [2.24, 2.45) is 5.73 Å². The maximum Gasteiger partial charge on any atom is 0.200 e. The second-order valence-corrected chi connectivity index (χ2v) is 5.14. The molecule has 78 valence electrons. The van der Waals surface area contributed by atoms with E-state index in [-0.39, 0.29) is 11.5 Å². The molecule has 3 heteroatoms. The van der Waals surface area contributed by atoms with E-state index in [0.717, 1.165) is 36.6 Å². The average Bonchev–Trinajstić information content (AvgIpc) is 2.45. The van der Waals surface area contributed by atoms with Crippen LogP contribution in [0.2, 0.25) is 0 Å². The van der Waals surface area contributed by atoms with Crippen molar-refractivity contribution in [1.29, 1.82) is 0 Å². The lowest BCUT2D eigenvalue weighted by Crippen LogP contribution is -2.27. The van der Waals surface area contributed by atoms with Gasteiger partial charge in [-0.3, -0.25) is 0 Å². The standard InChI is InChI=1S/C11H18N2O/c1-11(2,3)10-13-8-5-4-7(12)6-9(8)14-10/h7H,4-6,12H2,1-3H3. The predicted octanol–water partition coefficient (Wildman–Crippen LogP) is 1.79. The number of oxazole rings is 1. The summed E-state index contributed by atoms with van der Waals surface area (Å²) in [6.45, 7) is 6.35. The summed E-state index contributed by atoms with van der Waals surface area (Å²) in [5.41, 5.74) is 7.00. The number of fused-ring (bicyclic) bond motifs is 1. The molecule has 0 spiro atoms. The number of nitrogens with two attached hydrogens (primary N) is 1. The summed E-state index contributed by atoms with van der Waals surface area (Å²) in [7, 11) is 0. The molecule has 0 fully saturated rings. The van der Waals surface area contributed by atoms with E-state index < -0.39 is 0 Å². The van der Waals surface area contributed by atoms with Gasteiger partial charge in [0.2, 0.25) is 0 Å². The maximum atomic E-state index is 5.88. The highest BCUT2D eigenvalue weighted by Gasteiger charge is 2.26. The van der Waals surface area contributed by atoms with Gasteiger partial charge in [0.25, 0.3) is 0 Å². The Kier molecular flexibility index (Phi) is 2.14. The number of aryl methyl sites for hydroxylation is 1. The van der Waals surface area contributed by atoms with E-state index in [1.54, 1.807) is 0 Å². The van der Waals surface area contributed by atoms with E-state index in [2.05, 4.69) is 25.8 Å². The number of hydrogen-bond acceptors (Lipinski definition) is 3. The highest BCUT2D eigenvalue weighted by atomic mass is 16.4. The zero-order chi connectivity index (χ0) is 10.3. The van der Waals surface area contributed by atoms with Crippen LogP contribution >= 0.6 is 0 Å². The molecule has 2 rings (SSSR count). The zero-order valence-corrected chi connectivity index (χ0v) is 9.13. The van der Waals surface area contributed by atoms with E-state index in [0.29, 0.717) is 0 Å². The van der Waals surface area contributed by atoms with Crippen LogP contribution in [0.1, 0.15) is 44.5 Å². The lowest BCUT2D eigenvalue weighted by Gasteiger charge is -2.14. The van der Waals surface area contributed by atoms with Crippen LogP contribution in [-0.2, 0) is 18.3 Å². The normalized spacial score (nSPS) is 22.1. The molecule has 0 aromatic carbocycles. The van der Waals surface area contributed by atoms with Crippen LogP contribution in [0.5, 0.6) is 0 Å². The van der Waals surface area contributed by atoms with Gasteiger partial charge in [-0.25, -0.2) is 4.98 Å². The van der Waals surface area contributed by atoms with E-state index >= 15 is 0 Å². The molecule has 14 heavy (non-hydrogen) atoms. The highest BCUT2D eigenvalue weighted by molar-refractivity contribution is 5.17. The summed E-state index contributed by atoms with van der Waals surface area (Å²) in [5, 5.41) is 0. The SMILES string of the molecule is CC(C)(C)c1nc2c(o1)CC(N)CC2. The van der Waals surface area contributed by atoms with Crippen LogP contribution in [0, 0.1) is 0 Å². The van der Waals surface area contributed by atoms with Gasteiger partial charge in [0, 0.05) is 17.9 Å². The topological polar surface area (TPSA) is 52.0 Å². The quantitative estimate of drug-likeness (QED) is 0.685. The molecule has 0 bridgehead atoms. The van der Waals surface area contributed by atoms with Crippen molar-refractivity contribution in [3.8, 4) is 0 Å². The number of hydrogen-bond donors (Lipinski definition) is 1. The summed E-state index contributed by atoms with van der Waals surface area (Å²) in [4.78, 5) is 4.53. The Morgan fingerprint density at radius 2 is 2.14 bits per heavy atom. The summed E-state index contributed by atoms with van der Waals surface area (Å²) >= 11 is 0. The molecule has 2 N–H and O–H groups in total. The molecular formula is C11H18N2O. The van der Waals surface area contributed by atoms with Crippen LogP contribution in [0.25, 0.3) is 0 Å². The lowest BCUT2D eigenvalue weighted by atomic mass is 9.97. The second kappa shape index (κ2) is 3.09. The minimum Gasteiger partial charge on any atom is -0.445 e. The van der Waals surface area contributed by atoms with Crippen molar-refractivity contribution in [2.45, 2.75) is 51.5 Å². The summed E-state index contributed by atoms with van der Waals surface area (Å²) in [6, 6.07) is 0.253. The van der Waals surface area contributed by atoms with Crippen molar-refractivity contribution in [2.75, 3.05) is 0 Å². The third-order valence-corrected chi connectivity index (χ3v) is 2.62. The molecule has 1 aliphatic carbocycles. The lowest BCUT2D eigenvalue weighted by molar-refractivity contribution is 0.361. The molecule has 0 aliphatic heterocycles. The molecule has 0 radical (unpaired) electrons. The Labute approximate surface area is 84.7 Å². The van der Waals surface area contributed by atoms with Gasteiger partial charge in [0.1, 0.15) is 5.76 Å². The van der Waals surface area contributed by atoms with Crippen molar-refractivity contribution < 1.29 is 4.42 Å². The number of nitrogens with zero attached hydrogens (tertiary/aromatic N) is 1. The molecule has 0 amide bonds. The molecule has 1 unspecified atom stereocenters. The molecule has 0 saturated carbocycles. The first kappa shape index (κ1) is 9.71. The average molecular weight is 194 g/mol. The zero-order valence-electron chi connectivity index (χ0n) is 9.13. The third-order valence-electron chi connectivity index (χ3n) is 2.62. The third kappa shape index (κ3) is 1.69. The largest absolute Gasteiger partial charge is 0.445 e. The molecular weight excluding hydrogens is 176 g/mol. The summed E-state index contributed by atoms with van der Waals surface area (Å²) < 4.78 is 5.75. The summed E-state index contributed by atoms with van der Waals surface area (Å²) in [5.74, 6) is 1.85. The fourth-order valence-corrected chi connectivity index (χ4v) is 1.72. The van der Waals surface area contributed by atoms with Gasteiger partial charge >= 0.3 is 0 Å². The first-order chi connectivity index (χ1) is 6.47. The molecule has 3 nitrogen and oxygen atoms in total. The van der Waals surface area contributed by atoms with E-state index in [4.69, 9.17) is 10.2 Å². The van der Waals surface area contributed by atoms with E-state index in [1.165, 1.54) is 0 Å². The molecule has 1 atom stereocenters. The first-order valence-corrected chi connectivity index (χ1v) is 5.21. The van der Waals surface area contributed by atoms with Gasteiger partial charge in [-0.05, 0) is 12.8 Å². The Morgan fingerprint density at radius 3 is 2.79 bits per heavy atom. The molecule has 1 heterocycles. The molecule has 1 aromatic heterocycles. The second-order valence-electron chi connectivity index (χ2n) is 5.14. The van der Waals surface area contributed by atoms with Gasteiger partial charge in [0.05, 0.1) is 5.69 Å². The van der Waals surface area contributed by atoms with Gasteiger partial charge in [0.15, 0.2) is 5.89 Å². The monoisotopic (exact) mass is 194 g/mol. The maximum absolute atomic E-state index is 5.88.